The van der Waals surface area contributed by atoms with E-state index in [4.69, 9.17) is 20.8 Å². The van der Waals surface area contributed by atoms with Crippen molar-refractivity contribution in [1.82, 2.24) is 0 Å². The molecule has 3 rings (SSSR count). The molecule has 0 fully saturated rings. The number of benzene rings is 1. The lowest BCUT2D eigenvalue weighted by atomic mass is 10.0. The van der Waals surface area contributed by atoms with E-state index in [1.54, 1.807) is 18.2 Å². The number of fused-ring (bicyclic) bond motifs is 1. The number of carbonyl (C=O) groups is 1. The van der Waals surface area contributed by atoms with E-state index in [2.05, 4.69) is 0 Å². The molecule has 0 atom stereocenters. The molecule has 2 aromatic rings. The number of hydrogen-bond donors (Lipinski definition) is 0. The van der Waals surface area contributed by atoms with E-state index >= 15 is 0 Å². The third-order valence-electron chi connectivity index (χ3n) is 3.21. The Morgan fingerprint density at radius 3 is 2.95 bits per heavy atom. The molecular formula is C15H13ClO3. The number of rotatable bonds is 2. The van der Waals surface area contributed by atoms with Crippen molar-refractivity contribution in [3.8, 4) is 5.75 Å². The van der Waals surface area contributed by atoms with Gasteiger partial charge in [0.25, 0.3) is 0 Å². The van der Waals surface area contributed by atoms with Gasteiger partial charge < -0.3 is 9.15 Å². The predicted octanol–water partition coefficient (Wildman–Crippen LogP) is 3.88. The second-order valence-corrected chi connectivity index (χ2v) is 4.99. The van der Waals surface area contributed by atoms with Gasteiger partial charge in [0.1, 0.15) is 5.75 Å². The number of halogens is 1. The second kappa shape index (κ2) is 5.10. The maximum atomic E-state index is 12.4. The third kappa shape index (κ3) is 2.38. The normalized spacial score (nSPS) is 14.4. The molecule has 19 heavy (non-hydrogen) atoms. The summed E-state index contributed by atoms with van der Waals surface area (Å²) >= 11 is 6.10. The van der Waals surface area contributed by atoms with Crippen LogP contribution in [0.1, 0.15) is 34.5 Å². The molecule has 1 aromatic heterocycles. The van der Waals surface area contributed by atoms with Crippen LogP contribution in [0, 0.1) is 0 Å². The van der Waals surface area contributed by atoms with Crippen LogP contribution >= 0.6 is 11.6 Å². The van der Waals surface area contributed by atoms with Crippen molar-refractivity contribution in [2.24, 2.45) is 0 Å². The summed E-state index contributed by atoms with van der Waals surface area (Å²) in [6.45, 7) is 0.632. The van der Waals surface area contributed by atoms with E-state index in [0.29, 0.717) is 28.7 Å². The Balaban J connectivity index is 2.10. The first-order valence-electron chi connectivity index (χ1n) is 6.29. The molecule has 0 bridgehead atoms. The Hall–Kier alpha value is -1.74. The number of ketones is 1. The highest BCUT2D eigenvalue weighted by atomic mass is 35.5. The minimum Gasteiger partial charge on any atom is -0.493 e. The van der Waals surface area contributed by atoms with E-state index in [1.165, 1.54) is 6.26 Å². The van der Waals surface area contributed by atoms with Gasteiger partial charge in [0.15, 0.2) is 5.76 Å². The van der Waals surface area contributed by atoms with Crippen LogP contribution in [0.4, 0.5) is 0 Å². The van der Waals surface area contributed by atoms with Crippen molar-refractivity contribution in [3.05, 3.63) is 52.4 Å². The van der Waals surface area contributed by atoms with Crippen LogP contribution in [-0.2, 0) is 6.42 Å². The Morgan fingerprint density at radius 2 is 2.16 bits per heavy atom. The Bertz CT molecular complexity index is 602. The van der Waals surface area contributed by atoms with Crippen molar-refractivity contribution in [2.45, 2.75) is 19.3 Å². The minimum atomic E-state index is -0.189. The molecule has 2 heterocycles. The monoisotopic (exact) mass is 276 g/mol. The lowest BCUT2D eigenvalue weighted by Gasteiger charge is -2.12. The lowest BCUT2D eigenvalue weighted by Crippen LogP contribution is -2.06. The van der Waals surface area contributed by atoms with Crippen LogP contribution in [0.2, 0.25) is 5.02 Å². The molecular weight excluding hydrogens is 264 g/mol. The van der Waals surface area contributed by atoms with Crippen molar-refractivity contribution >= 4 is 17.4 Å². The highest BCUT2D eigenvalue weighted by Crippen LogP contribution is 2.33. The minimum absolute atomic E-state index is 0.189. The van der Waals surface area contributed by atoms with Gasteiger partial charge >= 0.3 is 0 Å². The fourth-order valence-electron chi connectivity index (χ4n) is 2.31. The highest BCUT2D eigenvalue weighted by molar-refractivity contribution is 6.31. The molecule has 0 saturated carbocycles. The van der Waals surface area contributed by atoms with Crippen LogP contribution in [0.5, 0.6) is 5.75 Å². The van der Waals surface area contributed by atoms with Crippen LogP contribution in [0.3, 0.4) is 0 Å². The maximum Gasteiger partial charge on any atom is 0.231 e. The summed E-state index contributed by atoms with van der Waals surface area (Å²) in [6, 6.07) is 6.86. The van der Waals surface area contributed by atoms with E-state index in [1.807, 2.05) is 6.07 Å². The number of aryl methyl sites for hydroxylation is 1. The summed E-state index contributed by atoms with van der Waals surface area (Å²) in [4.78, 5) is 12.4. The van der Waals surface area contributed by atoms with Gasteiger partial charge in [-0.15, -0.1) is 0 Å². The molecule has 1 aliphatic rings. The van der Waals surface area contributed by atoms with Gasteiger partial charge in [-0.1, -0.05) is 11.6 Å². The molecule has 3 nitrogen and oxygen atoms in total. The van der Waals surface area contributed by atoms with Gasteiger partial charge in [-0.05, 0) is 49.1 Å². The van der Waals surface area contributed by atoms with Crippen LogP contribution in [0.25, 0.3) is 0 Å². The predicted molar refractivity (Wildman–Crippen MR) is 72.0 cm³/mol. The van der Waals surface area contributed by atoms with Gasteiger partial charge in [0.2, 0.25) is 5.78 Å². The standard InChI is InChI=1S/C15H13ClO3/c16-11-8-10-4-1-2-6-19-15(10)12(9-11)14(17)13-5-3-7-18-13/h3,5,7-9H,1-2,4,6H2. The summed E-state index contributed by atoms with van der Waals surface area (Å²) in [7, 11) is 0. The first-order chi connectivity index (χ1) is 9.25. The smallest absolute Gasteiger partial charge is 0.231 e. The Morgan fingerprint density at radius 1 is 1.26 bits per heavy atom. The van der Waals surface area contributed by atoms with E-state index in [-0.39, 0.29) is 5.78 Å². The molecule has 98 valence electrons. The fourth-order valence-corrected chi connectivity index (χ4v) is 2.55. The van der Waals surface area contributed by atoms with Gasteiger partial charge in [0.05, 0.1) is 18.4 Å². The zero-order valence-electron chi connectivity index (χ0n) is 10.3. The van der Waals surface area contributed by atoms with Crippen molar-refractivity contribution < 1.29 is 13.9 Å². The lowest BCUT2D eigenvalue weighted by molar-refractivity contribution is 0.100. The first kappa shape index (κ1) is 12.3. The maximum absolute atomic E-state index is 12.4. The quantitative estimate of drug-likeness (QED) is 0.782. The van der Waals surface area contributed by atoms with Crippen LogP contribution in [-0.4, -0.2) is 12.4 Å². The zero-order chi connectivity index (χ0) is 13.2. The van der Waals surface area contributed by atoms with E-state index < -0.39 is 0 Å². The average molecular weight is 277 g/mol. The molecule has 0 spiro atoms. The van der Waals surface area contributed by atoms with Gasteiger partial charge in [0, 0.05) is 5.02 Å². The summed E-state index contributed by atoms with van der Waals surface area (Å²) in [5, 5.41) is 0.555. The van der Waals surface area contributed by atoms with Crippen molar-refractivity contribution in [3.63, 3.8) is 0 Å². The SMILES string of the molecule is O=C(c1ccco1)c1cc(Cl)cc2c1OCCCC2. The summed E-state index contributed by atoms with van der Waals surface area (Å²) < 4.78 is 10.9. The Kier molecular flexibility index (Phi) is 3.30. The summed E-state index contributed by atoms with van der Waals surface area (Å²) in [5.41, 5.74) is 1.49. The van der Waals surface area contributed by atoms with Crippen LogP contribution < -0.4 is 4.74 Å². The molecule has 1 aliphatic heterocycles. The number of hydrogen-bond acceptors (Lipinski definition) is 3. The van der Waals surface area contributed by atoms with Crippen molar-refractivity contribution in [1.29, 1.82) is 0 Å². The number of carbonyl (C=O) groups excluding carboxylic acids is 1. The topological polar surface area (TPSA) is 39.4 Å². The second-order valence-electron chi connectivity index (χ2n) is 4.55. The van der Waals surface area contributed by atoms with Crippen molar-refractivity contribution in [2.75, 3.05) is 6.61 Å². The molecule has 0 saturated heterocycles. The zero-order valence-corrected chi connectivity index (χ0v) is 11.1. The average Bonchev–Trinajstić information content (AvgIpc) is 2.83. The first-order valence-corrected chi connectivity index (χ1v) is 6.67. The molecule has 0 unspecified atom stereocenters. The molecule has 1 aromatic carbocycles. The van der Waals surface area contributed by atoms with E-state index in [9.17, 15) is 4.79 Å². The highest BCUT2D eigenvalue weighted by Gasteiger charge is 2.22. The molecule has 4 heteroatoms. The Labute approximate surface area is 116 Å². The van der Waals surface area contributed by atoms with Gasteiger partial charge in [-0.3, -0.25) is 4.79 Å². The fraction of sp³-hybridized carbons (Fsp3) is 0.267. The van der Waals surface area contributed by atoms with Gasteiger partial charge in [-0.25, -0.2) is 0 Å². The third-order valence-corrected chi connectivity index (χ3v) is 3.43. The van der Waals surface area contributed by atoms with E-state index in [0.717, 1.165) is 24.8 Å². The number of ether oxygens (including phenoxy) is 1. The van der Waals surface area contributed by atoms with Crippen LogP contribution in [0.15, 0.2) is 34.9 Å². The summed E-state index contributed by atoms with van der Waals surface area (Å²) in [6.07, 6.45) is 4.40. The molecule has 0 radical (unpaired) electrons. The molecule has 0 aliphatic carbocycles. The van der Waals surface area contributed by atoms with Gasteiger partial charge in [-0.2, -0.15) is 0 Å². The summed E-state index contributed by atoms with van der Waals surface area (Å²) in [5.74, 6) is 0.770. The molecule has 0 N–H and O–H groups in total. The largest absolute Gasteiger partial charge is 0.493 e. The molecule has 0 amide bonds. The number of furan rings is 1.